The van der Waals surface area contributed by atoms with E-state index in [1.807, 2.05) is 54.6 Å². The number of hydrogen-bond acceptors (Lipinski definition) is 2. The predicted octanol–water partition coefficient (Wildman–Crippen LogP) is 3.61. The number of methoxy groups -OCH3 is 1. The van der Waals surface area contributed by atoms with Crippen LogP contribution >= 0.6 is 0 Å². The molecule has 0 aliphatic heterocycles. The standard InChI is InChI=1S/C16H16O2S/c1-13(15-10-6-7-11-16(15)18-2)19(17)12-14-8-4-3-5-9-14/h3-11H,1,12H2,2H3/t19-/m0/s1. The van der Waals surface area contributed by atoms with E-state index in [-0.39, 0.29) is 0 Å². The Hall–Kier alpha value is -1.87. The molecule has 0 heterocycles. The van der Waals surface area contributed by atoms with Crippen molar-refractivity contribution in [2.75, 3.05) is 7.11 Å². The SMILES string of the molecule is C=C(c1ccccc1OC)[S@@](=O)Cc1ccccc1. The van der Waals surface area contributed by atoms with E-state index in [0.29, 0.717) is 16.4 Å². The summed E-state index contributed by atoms with van der Waals surface area (Å²) >= 11 is 0. The molecule has 0 aliphatic rings. The van der Waals surface area contributed by atoms with Gasteiger partial charge in [-0.3, -0.25) is 4.21 Å². The maximum atomic E-state index is 12.3. The van der Waals surface area contributed by atoms with E-state index in [2.05, 4.69) is 6.58 Å². The topological polar surface area (TPSA) is 26.3 Å². The highest BCUT2D eigenvalue weighted by atomic mass is 32.2. The van der Waals surface area contributed by atoms with Crippen LogP contribution in [-0.4, -0.2) is 11.3 Å². The van der Waals surface area contributed by atoms with Crippen LogP contribution in [-0.2, 0) is 16.6 Å². The fourth-order valence-electron chi connectivity index (χ4n) is 1.81. The molecule has 2 nitrogen and oxygen atoms in total. The number of rotatable bonds is 5. The molecule has 0 saturated heterocycles. The number of benzene rings is 2. The second-order valence-electron chi connectivity index (χ2n) is 4.10. The van der Waals surface area contributed by atoms with Crippen molar-refractivity contribution in [3.63, 3.8) is 0 Å². The van der Waals surface area contributed by atoms with Gasteiger partial charge in [0.15, 0.2) is 0 Å². The zero-order valence-electron chi connectivity index (χ0n) is 10.8. The summed E-state index contributed by atoms with van der Waals surface area (Å²) < 4.78 is 17.6. The molecule has 1 atom stereocenters. The Bertz CT molecular complexity index is 591. The van der Waals surface area contributed by atoms with Gasteiger partial charge in [0, 0.05) is 10.5 Å². The molecule has 0 bridgehead atoms. The largest absolute Gasteiger partial charge is 0.496 e. The van der Waals surface area contributed by atoms with Gasteiger partial charge in [0.25, 0.3) is 0 Å². The molecule has 0 aliphatic carbocycles. The smallest absolute Gasteiger partial charge is 0.127 e. The maximum absolute atomic E-state index is 12.3. The lowest BCUT2D eigenvalue weighted by molar-refractivity contribution is 0.413. The molecule has 0 aromatic heterocycles. The van der Waals surface area contributed by atoms with Crippen molar-refractivity contribution in [1.29, 1.82) is 0 Å². The van der Waals surface area contributed by atoms with Gasteiger partial charge in [0.05, 0.1) is 23.7 Å². The van der Waals surface area contributed by atoms with Crippen LogP contribution in [0.2, 0.25) is 0 Å². The van der Waals surface area contributed by atoms with E-state index in [0.717, 1.165) is 11.1 Å². The maximum Gasteiger partial charge on any atom is 0.127 e. The van der Waals surface area contributed by atoms with Gasteiger partial charge < -0.3 is 4.74 Å². The van der Waals surface area contributed by atoms with Crippen molar-refractivity contribution in [3.05, 3.63) is 72.3 Å². The lowest BCUT2D eigenvalue weighted by Gasteiger charge is -2.10. The Morgan fingerprint density at radius 2 is 1.74 bits per heavy atom. The lowest BCUT2D eigenvalue weighted by Crippen LogP contribution is -1.99. The number of para-hydroxylation sites is 1. The molecule has 0 amide bonds. The molecule has 98 valence electrons. The van der Waals surface area contributed by atoms with Crippen LogP contribution in [0.5, 0.6) is 5.75 Å². The molecular weight excluding hydrogens is 256 g/mol. The highest BCUT2D eigenvalue weighted by molar-refractivity contribution is 7.93. The van der Waals surface area contributed by atoms with Gasteiger partial charge in [-0.05, 0) is 11.6 Å². The average Bonchev–Trinajstić information content (AvgIpc) is 2.47. The lowest BCUT2D eigenvalue weighted by atomic mass is 10.2. The summed E-state index contributed by atoms with van der Waals surface area (Å²) in [7, 11) is 0.450. The van der Waals surface area contributed by atoms with Crippen molar-refractivity contribution in [3.8, 4) is 5.75 Å². The summed E-state index contributed by atoms with van der Waals surface area (Å²) in [4.78, 5) is 0.598. The molecule has 0 saturated carbocycles. The molecule has 0 radical (unpaired) electrons. The Morgan fingerprint density at radius 3 is 2.42 bits per heavy atom. The molecule has 0 N–H and O–H groups in total. The molecule has 0 spiro atoms. The molecule has 3 heteroatoms. The molecule has 2 aromatic rings. The normalized spacial score (nSPS) is 11.8. The van der Waals surface area contributed by atoms with Crippen LogP contribution < -0.4 is 4.74 Å². The van der Waals surface area contributed by atoms with Gasteiger partial charge >= 0.3 is 0 Å². The zero-order chi connectivity index (χ0) is 13.7. The van der Waals surface area contributed by atoms with Crippen molar-refractivity contribution in [2.24, 2.45) is 0 Å². The minimum atomic E-state index is -1.15. The Balaban J connectivity index is 2.18. The van der Waals surface area contributed by atoms with Gasteiger partial charge in [-0.1, -0.05) is 55.1 Å². The van der Waals surface area contributed by atoms with Gasteiger partial charge in [-0.15, -0.1) is 0 Å². The van der Waals surface area contributed by atoms with Crippen molar-refractivity contribution in [2.45, 2.75) is 5.75 Å². The van der Waals surface area contributed by atoms with Gasteiger partial charge in [0.2, 0.25) is 0 Å². The van der Waals surface area contributed by atoms with E-state index in [1.165, 1.54) is 0 Å². The summed E-state index contributed by atoms with van der Waals surface area (Å²) in [5, 5.41) is 0. The first-order chi connectivity index (χ1) is 9.22. The summed E-state index contributed by atoms with van der Waals surface area (Å²) in [5.41, 5.74) is 1.84. The minimum Gasteiger partial charge on any atom is -0.496 e. The van der Waals surface area contributed by atoms with Crippen LogP contribution in [0.25, 0.3) is 4.91 Å². The van der Waals surface area contributed by atoms with Gasteiger partial charge in [-0.25, -0.2) is 0 Å². The second-order valence-corrected chi connectivity index (χ2v) is 5.57. The van der Waals surface area contributed by atoms with Crippen LogP contribution in [0.4, 0.5) is 0 Å². The van der Waals surface area contributed by atoms with Gasteiger partial charge in [-0.2, -0.15) is 0 Å². The zero-order valence-corrected chi connectivity index (χ0v) is 11.7. The minimum absolute atomic E-state index is 0.470. The number of hydrogen-bond donors (Lipinski definition) is 0. The first-order valence-electron chi connectivity index (χ1n) is 5.97. The van der Waals surface area contributed by atoms with E-state index in [9.17, 15) is 4.21 Å². The summed E-state index contributed by atoms with van der Waals surface area (Å²) in [6.45, 7) is 3.95. The molecular formula is C16H16O2S. The monoisotopic (exact) mass is 272 g/mol. The average molecular weight is 272 g/mol. The predicted molar refractivity (Wildman–Crippen MR) is 80.3 cm³/mol. The Labute approximate surface area is 116 Å². The highest BCUT2D eigenvalue weighted by Crippen LogP contribution is 2.27. The van der Waals surface area contributed by atoms with E-state index >= 15 is 0 Å². The van der Waals surface area contributed by atoms with Crippen LogP contribution in [0.3, 0.4) is 0 Å². The fraction of sp³-hybridized carbons (Fsp3) is 0.125. The quantitative estimate of drug-likeness (QED) is 0.831. The third-order valence-electron chi connectivity index (χ3n) is 2.82. The molecule has 19 heavy (non-hydrogen) atoms. The summed E-state index contributed by atoms with van der Waals surface area (Å²) in [6, 6.07) is 17.3. The molecule has 2 rings (SSSR count). The summed E-state index contributed by atoms with van der Waals surface area (Å²) in [6.07, 6.45) is 0. The molecule has 0 unspecified atom stereocenters. The third kappa shape index (κ3) is 3.32. The van der Waals surface area contributed by atoms with E-state index in [4.69, 9.17) is 4.74 Å². The van der Waals surface area contributed by atoms with Crippen LogP contribution in [0, 0.1) is 0 Å². The Morgan fingerprint density at radius 1 is 1.11 bits per heavy atom. The fourth-order valence-corrected chi connectivity index (χ4v) is 2.89. The first-order valence-corrected chi connectivity index (χ1v) is 7.29. The van der Waals surface area contributed by atoms with Crippen LogP contribution in [0.15, 0.2) is 61.2 Å². The Kier molecular flexibility index (Phi) is 4.53. The van der Waals surface area contributed by atoms with Crippen LogP contribution in [0.1, 0.15) is 11.1 Å². The summed E-state index contributed by atoms with van der Waals surface area (Å²) in [5.74, 6) is 1.17. The number of ether oxygens (including phenoxy) is 1. The highest BCUT2D eigenvalue weighted by Gasteiger charge is 2.12. The van der Waals surface area contributed by atoms with E-state index < -0.39 is 10.8 Å². The van der Waals surface area contributed by atoms with Crippen molar-refractivity contribution >= 4 is 15.7 Å². The van der Waals surface area contributed by atoms with Crippen molar-refractivity contribution < 1.29 is 8.95 Å². The van der Waals surface area contributed by atoms with E-state index in [1.54, 1.807) is 7.11 Å². The first kappa shape index (κ1) is 13.6. The van der Waals surface area contributed by atoms with Gasteiger partial charge in [0.1, 0.15) is 5.75 Å². The van der Waals surface area contributed by atoms with Crippen molar-refractivity contribution in [1.82, 2.24) is 0 Å². The third-order valence-corrected chi connectivity index (χ3v) is 4.19. The molecule has 2 aromatic carbocycles. The molecule has 0 fully saturated rings. The second kappa shape index (κ2) is 6.34.